The molecule has 0 saturated heterocycles. The lowest BCUT2D eigenvalue weighted by Gasteiger charge is -2.25. The first-order chi connectivity index (χ1) is 8.22. The fourth-order valence-corrected chi connectivity index (χ4v) is 2.28. The molecule has 0 amide bonds. The first-order valence-corrected chi connectivity index (χ1v) is 6.71. The molecule has 1 heterocycles. The van der Waals surface area contributed by atoms with E-state index < -0.39 is 0 Å². The lowest BCUT2D eigenvalue weighted by Crippen LogP contribution is -2.31. The zero-order valence-corrected chi connectivity index (χ0v) is 11.2. The van der Waals surface area contributed by atoms with E-state index in [0.29, 0.717) is 29.2 Å². The minimum atomic E-state index is -0.0697. The summed E-state index contributed by atoms with van der Waals surface area (Å²) in [7, 11) is 0. The van der Waals surface area contributed by atoms with E-state index >= 15 is 0 Å². The van der Waals surface area contributed by atoms with Crippen molar-refractivity contribution in [3.63, 3.8) is 0 Å². The van der Waals surface area contributed by atoms with Crippen LogP contribution in [0.2, 0.25) is 0 Å². The van der Waals surface area contributed by atoms with Crippen molar-refractivity contribution in [1.82, 2.24) is 9.78 Å². The minimum absolute atomic E-state index is 0.0697. The maximum absolute atomic E-state index is 12.1. The van der Waals surface area contributed by atoms with E-state index in [1.807, 2.05) is 0 Å². The Labute approximate surface area is 109 Å². The monoisotopic (exact) mass is 300 g/mol. The number of rotatable bonds is 5. The highest BCUT2D eigenvalue weighted by Crippen LogP contribution is 2.27. The van der Waals surface area contributed by atoms with Crippen LogP contribution in [0.25, 0.3) is 0 Å². The van der Waals surface area contributed by atoms with Crippen molar-refractivity contribution in [2.45, 2.75) is 25.8 Å². The molecule has 1 saturated carbocycles. The Morgan fingerprint density at radius 1 is 1.59 bits per heavy atom. The number of hydrogen-bond donors (Lipinski definition) is 2. The number of nitrogens with two attached hydrogens (primary N) is 1. The van der Waals surface area contributed by atoms with Gasteiger partial charge in [0.25, 0.3) is 5.56 Å². The van der Waals surface area contributed by atoms with Gasteiger partial charge in [0.05, 0.1) is 10.7 Å². The van der Waals surface area contributed by atoms with Crippen LogP contribution in [0.4, 0.5) is 5.69 Å². The molecule has 1 fully saturated rings. The van der Waals surface area contributed by atoms with E-state index in [-0.39, 0.29) is 5.56 Å². The third-order valence-corrected chi connectivity index (χ3v) is 3.70. The van der Waals surface area contributed by atoms with Gasteiger partial charge in [0.2, 0.25) is 0 Å². The van der Waals surface area contributed by atoms with Crippen LogP contribution in [0.15, 0.2) is 15.5 Å². The Morgan fingerprint density at radius 2 is 2.35 bits per heavy atom. The van der Waals surface area contributed by atoms with Crippen molar-refractivity contribution < 1.29 is 0 Å². The smallest absolute Gasteiger partial charge is 0.291 e. The maximum Gasteiger partial charge on any atom is 0.291 e. The highest BCUT2D eigenvalue weighted by atomic mass is 79.9. The van der Waals surface area contributed by atoms with Crippen LogP contribution >= 0.6 is 15.9 Å². The largest absolute Gasteiger partial charge is 0.378 e. The predicted octanol–water partition coefficient (Wildman–Crippen LogP) is 1.18. The third kappa shape index (κ3) is 2.87. The molecule has 1 aromatic rings. The molecule has 6 heteroatoms. The van der Waals surface area contributed by atoms with E-state index in [9.17, 15) is 4.79 Å². The summed E-state index contributed by atoms with van der Waals surface area (Å²) in [6, 6.07) is 0. The van der Waals surface area contributed by atoms with Gasteiger partial charge in [0.1, 0.15) is 5.69 Å². The van der Waals surface area contributed by atoms with Gasteiger partial charge >= 0.3 is 0 Å². The molecule has 94 valence electrons. The van der Waals surface area contributed by atoms with Crippen molar-refractivity contribution in [2.75, 3.05) is 18.4 Å². The SMILES string of the molecule is NCCNc1c(Br)cnn(CC2CCC2)c1=O. The molecule has 1 aliphatic carbocycles. The van der Waals surface area contributed by atoms with Gasteiger partial charge in [0, 0.05) is 19.6 Å². The Bertz CT molecular complexity index is 442. The van der Waals surface area contributed by atoms with Crippen LogP contribution in [0.1, 0.15) is 19.3 Å². The summed E-state index contributed by atoms with van der Waals surface area (Å²) in [5.41, 5.74) is 5.91. The number of hydrogen-bond acceptors (Lipinski definition) is 4. The van der Waals surface area contributed by atoms with E-state index in [2.05, 4.69) is 26.3 Å². The number of nitrogens with zero attached hydrogens (tertiary/aromatic N) is 2. The summed E-state index contributed by atoms with van der Waals surface area (Å²) in [5, 5.41) is 7.19. The Kier molecular flexibility index (Phi) is 4.17. The van der Waals surface area contributed by atoms with Gasteiger partial charge in [-0.25, -0.2) is 4.68 Å². The van der Waals surface area contributed by atoms with E-state index in [1.165, 1.54) is 19.3 Å². The average molecular weight is 301 g/mol. The molecule has 17 heavy (non-hydrogen) atoms. The minimum Gasteiger partial charge on any atom is -0.378 e. The van der Waals surface area contributed by atoms with Gasteiger partial charge < -0.3 is 11.1 Å². The molecule has 5 nitrogen and oxygen atoms in total. The lowest BCUT2D eigenvalue weighted by molar-refractivity contribution is 0.262. The number of halogens is 1. The number of aromatic nitrogens is 2. The molecule has 0 aromatic carbocycles. The van der Waals surface area contributed by atoms with Gasteiger partial charge in [-0.2, -0.15) is 5.10 Å². The number of anilines is 1. The second-order valence-corrected chi connectivity index (χ2v) is 5.22. The zero-order valence-electron chi connectivity index (χ0n) is 9.66. The highest BCUT2D eigenvalue weighted by Gasteiger charge is 2.19. The quantitative estimate of drug-likeness (QED) is 0.856. The van der Waals surface area contributed by atoms with Gasteiger partial charge in [-0.1, -0.05) is 6.42 Å². The maximum atomic E-state index is 12.1. The van der Waals surface area contributed by atoms with Crippen molar-refractivity contribution in [1.29, 1.82) is 0 Å². The van der Waals surface area contributed by atoms with Gasteiger partial charge in [-0.15, -0.1) is 0 Å². The van der Waals surface area contributed by atoms with Crippen LogP contribution in [0.3, 0.4) is 0 Å². The molecular formula is C11H17BrN4O. The van der Waals surface area contributed by atoms with Crippen LogP contribution in [0, 0.1) is 5.92 Å². The summed E-state index contributed by atoms with van der Waals surface area (Å²) in [6.45, 7) is 1.81. The van der Waals surface area contributed by atoms with Crippen LogP contribution in [0.5, 0.6) is 0 Å². The molecule has 0 atom stereocenters. The van der Waals surface area contributed by atoms with Crippen LogP contribution in [-0.4, -0.2) is 22.9 Å². The Morgan fingerprint density at radius 3 is 2.94 bits per heavy atom. The zero-order chi connectivity index (χ0) is 12.3. The normalized spacial score (nSPS) is 15.6. The van der Waals surface area contributed by atoms with E-state index in [1.54, 1.807) is 10.9 Å². The van der Waals surface area contributed by atoms with E-state index in [4.69, 9.17) is 5.73 Å². The molecule has 0 radical (unpaired) electrons. The standard InChI is InChI=1S/C11H17BrN4O/c12-9-6-15-16(7-8-2-1-3-8)11(17)10(9)14-5-4-13/h6,8,14H,1-5,7,13H2. The number of nitrogens with one attached hydrogen (secondary N) is 1. The molecule has 0 unspecified atom stereocenters. The van der Waals surface area contributed by atoms with Crippen molar-refractivity contribution >= 4 is 21.6 Å². The van der Waals surface area contributed by atoms with Crippen molar-refractivity contribution in [3.8, 4) is 0 Å². The molecule has 0 aliphatic heterocycles. The van der Waals surface area contributed by atoms with Crippen molar-refractivity contribution in [2.24, 2.45) is 11.7 Å². The summed E-state index contributed by atoms with van der Waals surface area (Å²) in [6.07, 6.45) is 5.35. The summed E-state index contributed by atoms with van der Waals surface area (Å²) < 4.78 is 2.24. The second kappa shape index (κ2) is 5.64. The molecule has 0 bridgehead atoms. The molecule has 1 aliphatic rings. The average Bonchev–Trinajstić information content (AvgIpc) is 2.25. The highest BCUT2D eigenvalue weighted by molar-refractivity contribution is 9.10. The van der Waals surface area contributed by atoms with E-state index in [0.717, 1.165) is 6.54 Å². The lowest BCUT2D eigenvalue weighted by atomic mass is 9.85. The molecule has 0 spiro atoms. The Balaban J connectivity index is 2.18. The van der Waals surface area contributed by atoms with Gasteiger partial charge in [0.15, 0.2) is 0 Å². The summed E-state index contributed by atoms with van der Waals surface area (Å²) in [5.74, 6) is 0.615. The fourth-order valence-electron chi connectivity index (χ4n) is 1.88. The second-order valence-electron chi connectivity index (χ2n) is 4.37. The topological polar surface area (TPSA) is 72.9 Å². The predicted molar refractivity (Wildman–Crippen MR) is 71.1 cm³/mol. The molecule has 1 aromatic heterocycles. The fraction of sp³-hybridized carbons (Fsp3) is 0.636. The Hall–Kier alpha value is -0.880. The molecule has 2 rings (SSSR count). The first-order valence-electron chi connectivity index (χ1n) is 5.92. The third-order valence-electron chi connectivity index (χ3n) is 3.10. The first kappa shape index (κ1) is 12.6. The molecular weight excluding hydrogens is 284 g/mol. The summed E-state index contributed by atoms with van der Waals surface area (Å²) >= 11 is 3.33. The van der Waals surface area contributed by atoms with Crippen molar-refractivity contribution in [3.05, 3.63) is 21.0 Å². The summed E-state index contributed by atoms with van der Waals surface area (Å²) in [4.78, 5) is 12.1. The van der Waals surface area contributed by atoms with Gasteiger partial charge in [-0.05, 0) is 34.7 Å². The van der Waals surface area contributed by atoms with Crippen LogP contribution < -0.4 is 16.6 Å². The molecule has 3 N–H and O–H groups in total. The van der Waals surface area contributed by atoms with Gasteiger partial charge in [-0.3, -0.25) is 4.79 Å². The van der Waals surface area contributed by atoms with Crippen LogP contribution in [-0.2, 0) is 6.54 Å².